The van der Waals surface area contributed by atoms with Crippen molar-refractivity contribution in [1.82, 2.24) is 15.3 Å². The lowest BCUT2D eigenvalue weighted by Crippen LogP contribution is -3.19. The molecule has 2 heterocycles. The maximum atomic E-state index is 12.4. The maximum Gasteiger partial charge on any atom is 0.278 e. The molecule has 0 spiro atoms. The molecule has 0 bridgehead atoms. The number of nitrogens with one attached hydrogen (secondary N) is 2. The molecule has 1 fully saturated rings. The van der Waals surface area contributed by atoms with Gasteiger partial charge in [0, 0.05) is 18.9 Å². The molecular weight excluding hydrogens is 302 g/mol. The van der Waals surface area contributed by atoms with E-state index in [9.17, 15) is 4.79 Å². The van der Waals surface area contributed by atoms with Gasteiger partial charge < -0.3 is 15.1 Å². The van der Waals surface area contributed by atoms with Crippen LogP contribution in [0.4, 0.5) is 5.95 Å². The van der Waals surface area contributed by atoms with Gasteiger partial charge in [0.15, 0.2) is 6.04 Å². The molecule has 0 aliphatic carbocycles. The minimum Gasteiger partial charge on any atom is -0.347 e. The molecule has 126 valence electrons. The molecule has 0 saturated carbocycles. The van der Waals surface area contributed by atoms with Gasteiger partial charge in [0.05, 0.1) is 26.2 Å². The van der Waals surface area contributed by atoms with Crippen LogP contribution in [-0.2, 0) is 11.3 Å². The summed E-state index contributed by atoms with van der Waals surface area (Å²) >= 11 is 0. The summed E-state index contributed by atoms with van der Waals surface area (Å²) in [7, 11) is 0. The van der Waals surface area contributed by atoms with Crippen LogP contribution in [0.2, 0.25) is 0 Å². The van der Waals surface area contributed by atoms with Crippen molar-refractivity contribution >= 4 is 11.9 Å². The first-order valence-corrected chi connectivity index (χ1v) is 8.42. The Labute approximate surface area is 142 Å². The van der Waals surface area contributed by atoms with E-state index in [-0.39, 0.29) is 11.9 Å². The molecule has 1 atom stereocenters. The third kappa shape index (κ3) is 4.08. The number of carbonyl (C=O) groups is 1. The number of piperazine rings is 1. The Kier molecular flexibility index (Phi) is 5.38. The SMILES string of the molecule is C[C@@H](C(=O)NCc1ccccc1)[NH+]1CCN(c2ncccn2)CC1. The van der Waals surface area contributed by atoms with Crippen molar-refractivity contribution in [2.24, 2.45) is 0 Å². The van der Waals surface area contributed by atoms with Crippen molar-refractivity contribution in [3.8, 4) is 0 Å². The van der Waals surface area contributed by atoms with Crippen LogP contribution in [0.3, 0.4) is 0 Å². The van der Waals surface area contributed by atoms with E-state index in [2.05, 4.69) is 20.2 Å². The highest BCUT2D eigenvalue weighted by atomic mass is 16.2. The number of nitrogens with zero attached hydrogens (tertiary/aromatic N) is 3. The first-order valence-electron chi connectivity index (χ1n) is 8.42. The van der Waals surface area contributed by atoms with Gasteiger partial charge in [-0.1, -0.05) is 30.3 Å². The monoisotopic (exact) mass is 326 g/mol. The minimum atomic E-state index is -0.0486. The number of rotatable bonds is 5. The van der Waals surface area contributed by atoms with Crippen LogP contribution in [0.1, 0.15) is 12.5 Å². The summed E-state index contributed by atoms with van der Waals surface area (Å²) in [6, 6.07) is 11.8. The zero-order valence-corrected chi connectivity index (χ0v) is 14.0. The van der Waals surface area contributed by atoms with Gasteiger partial charge in [-0.3, -0.25) is 4.79 Å². The number of aromatic nitrogens is 2. The molecule has 1 aliphatic heterocycles. The second kappa shape index (κ2) is 7.88. The summed E-state index contributed by atoms with van der Waals surface area (Å²) in [5.41, 5.74) is 1.12. The molecule has 1 aromatic carbocycles. The highest BCUT2D eigenvalue weighted by molar-refractivity contribution is 5.79. The number of hydrogen-bond acceptors (Lipinski definition) is 4. The topological polar surface area (TPSA) is 62.6 Å². The molecule has 1 saturated heterocycles. The van der Waals surface area contributed by atoms with Gasteiger partial charge in [-0.05, 0) is 18.6 Å². The molecule has 1 aromatic heterocycles. The van der Waals surface area contributed by atoms with Crippen LogP contribution in [-0.4, -0.2) is 48.1 Å². The number of anilines is 1. The van der Waals surface area contributed by atoms with Gasteiger partial charge >= 0.3 is 0 Å². The zero-order valence-electron chi connectivity index (χ0n) is 14.0. The van der Waals surface area contributed by atoms with Gasteiger partial charge in [-0.25, -0.2) is 9.97 Å². The van der Waals surface area contributed by atoms with Gasteiger partial charge in [-0.2, -0.15) is 0 Å². The normalized spacial score (nSPS) is 16.6. The predicted octanol–water partition coefficient (Wildman–Crippen LogP) is -0.114. The highest BCUT2D eigenvalue weighted by Crippen LogP contribution is 2.04. The molecule has 6 nitrogen and oxygen atoms in total. The molecule has 0 unspecified atom stereocenters. The van der Waals surface area contributed by atoms with Gasteiger partial charge in [0.1, 0.15) is 0 Å². The smallest absolute Gasteiger partial charge is 0.278 e. The fourth-order valence-electron chi connectivity index (χ4n) is 3.00. The molecular formula is C18H24N5O+. The summed E-state index contributed by atoms with van der Waals surface area (Å²) in [4.78, 5) is 24.5. The Bertz CT molecular complexity index is 641. The third-order valence-corrected chi connectivity index (χ3v) is 4.56. The summed E-state index contributed by atoms with van der Waals surface area (Å²) in [5.74, 6) is 0.885. The van der Waals surface area contributed by atoms with Crippen LogP contribution in [0, 0.1) is 0 Å². The van der Waals surface area contributed by atoms with Crippen LogP contribution < -0.4 is 15.1 Å². The molecule has 2 aromatic rings. The quantitative estimate of drug-likeness (QED) is 0.805. The average molecular weight is 326 g/mol. The summed E-state index contributed by atoms with van der Waals surface area (Å²) in [6.45, 7) is 6.16. The second-order valence-corrected chi connectivity index (χ2v) is 6.12. The van der Waals surface area contributed by atoms with Crippen molar-refractivity contribution < 1.29 is 9.69 Å². The lowest BCUT2D eigenvalue weighted by Gasteiger charge is -2.34. The van der Waals surface area contributed by atoms with Crippen LogP contribution in [0.5, 0.6) is 0 Å². The first kappa shape index (κ1) is 16.4. The van der Waals surface area contributed by atoms with E-state index in [4.69, 9.17) is 0 Å². The Balaban J connectivity index is 1.47. The van der Waals surface area contributed by atoms with E-state index in [1.54, 1.807) is 12.4 Å². The number of carbonyl (C=O) groups excluding carboxylic acids is 1. The lowest BCUT2D eigenvalue weighted by atomic mass is 10.2. The summed E-state index contributed by atoms with van der Waals surface area (Å²) < 4.78 is 0. The lowest BCUT2D eigenvalue weighted by molar-refractivity contribution is -0.914. The van der Waals surface area contributed by atoms with E-state index in [0.29, 0.717) is 6.54 Å². The van der Waals surface area contributed by atoms with Crippen molar-refractivity contribution in [2.75, 3.05) is 31.1 Å². The average Bonchev–Trinajstić information content (AvgIpc) is 2.67. The molecule has 0 radical (unpaired) electrons. The molecule has 24 heavy (non-hydrogen) atoms. The second-order valence-electron chi connectivity index (χ2n) is 6.12. The summed E-state index contributed by atoms with van der Waals surface area (Å²) in [5, 5.41) is 3.04. The van der Waals surface area contributed by atoms with Crippen molar-refractivity contribution in [3.05, 3.63) is 54.4 Å². The van der Waals surface area contributed by atoms with Crippen LogP contribution in [0.25, 0.3) is 0 Å². The van der Waals surface area contributed by atoms with Crippen molar-refractivity contribution in [1.29, 1.82) is 0 Å². The van der Waals surface area contributed by atoms with Crippen LogP contribution in [0.15, 0.2) is 48.8 Å². The standard InChI is InChI=1S/C18H23N5O/c1-15(17(24)21-14-16-6-3-2-4-7-16)22-10-12-23(13-11-22)18-19-8-5-9-20-18/h2-9,15H,10-14H2,1H3,(H,21,24)/p+1/t15-/m0/s1. The predicted molar refractivity (Wildman–Crippen MR) is 92.7 cm³/mol. The fraction of sp³-hybridized carbons (Fsp3) is 0.389. The Morgan fingerprint density at radius 2 is 1.83 bits per heavy atom. The zero-order chi connectivity index (χ0) is 16.8. The number of benzene rings is 1. The van der Waals surface area contributed by atoms with E-state index in [1.807, 2.05) is 43.3 Å². The number of amides is 1. The number of hydrogen-bond donors (Lipinski definition) is 2. The largest absolute Gasteiger partial charge is 0.347 e. The van der Waals surface area contributed by atoms with E-state index >= 15 is 0 Å². The van der Waals surface area contributed by atoms with Gasteiger partial charge in [0.2, 0.25) is 5.95 Å². The molecule has 1 aliphatic rings. The van der Waals surface area contributed by atoms with Crippen molar-refractivity contribution in [2.45, 2.75) is 19.5 Å². The van der Waals surface area contributed by atoms with Gasteiger partial charge in [0.25, 0.3) is 5.91 Å². The van der Waals surface area contributed by atoms with Crippen LogP contribution >= 0.6 is 0 Å². The summed E-state index contributed by atoms with van der Waals surface area (Å²) in [6.07, 6.45) is 3.53. The Hall–Kier alpha value is -2.47. The Morgan fingerprint density at radius 3 is 2.50 bits per heavy atom. The minimum absolute atomic E-state index is 0.0486. The van der Waals surface area contributed by atoms with E-state index < -0.39 is 0 Å². The maximum absolute atomic E-state index is 12.4. The molecule has 2 N–H and O–H groups in total. The third-order valence-electron chi connectivity index (χ3n) is 4.56. The fourth-order valence-corrected chi connectivity index (χ4v) is 3.00. The Morgan fingerprint density at radius 1 is 1.17 bits per heavy atom. The molecule has 3 rings (SSSR count). The van der Waals surface area contributed by atoms with Gasteiger partial charge in [-0.15, -0.1) is 0 Å². The first-order chi connectivity index (χ1) is 11.7. The van der Waals surface area contributed by atoms with E-state index in [1.165, 1.54) is 4.90 Å². The highest BCUT2D eigenvalue weighted by Gasteiger charge is 2.29. The molecule has 6 heteroatoms. The number of quaternary nitrogens is 1. The molecule has 1 amide bonds. The van der Waals surface area contributed by atoms with Crippen molar-refractivity contribution in [3.63, 3.8) is 0 Å². The van der Waals surface area contributed by atoms with E-state index in [0.717, 1.165) is 37.7 Å².